The maximum Gasteiger partial charge on any atom is 0.306 e. The largest absolute Gasteiger partial charge is 0.453 e. The molecule has 29 heavy (non-hydrogen) atoms. The lowest BCUT2D eigenvalue weighted by atomic mass is 10.2. The number of nitro benzene ring substituents is 1. The number of nitro groups is 1. The molecular formula is C20H19N3O5S. The summed E-state index contributed by atoms with van der Waals surface area (Å²) in [6.45, 7) is 1.48. The molecule has 0 aliphatic rings. The average Bonchev–Trinajstić information content (AvgIpc) is 3.11. The van der Waals surface area contributed by atoms with Crippen molar-refractivity contribution in [3.8, 4) is 0 Å². The van der Waals surface area contributed by atoms with Gasteiger partial charge in [-0.2, -0.15) is 0 Å². The minimum absolute atomic E-state index is 0.0735. The number of carbonyl (C=O) groups is 2. The van der Waals surface area contributed by atoms with E-state index in [1.165, 1.54) is 31.2 Å². The second kappa shape index (κ2) is 9.24. The van der Waals surface area contributed by atoms with Gasteiger partial charge in [-0.1, -0.05) is 12.1 Å². The molecule has 1 N–H and O–H groups in total. The number of nitrogens with one attached hydrogen (secondary N) is 1. The number of ether oxygens (including phenoxy) is 1. The molecule has 0 saturated carbocycles. The van der Waals surface area contributed by atoms with Crippen LogP contribution in [-0.2, 0) is 20.7 Å². The Labute approximate surface area is 170 Å². The molecule has 0 aliphatic heterocycles. The van der Waals surface area contributed by atoms with Crippen LogP contribution in [0.15, 0.2) is 48.5 Å². The molecule has 2 aromatic carbocycles. The molecule has 0 fully saturated rings. The number of thiazole rings is 1. The fraction of sp³-hybridized carbons (Fsp3) is 0.250. The quantitative estimate of drug-likeness (QED) is 0.338. The SMILES string of the molecule is CC(OC(=O)CCCc1nc2ccccc2s1)C(=O)Nc1ccc([N+](=O)[O-])cc1. The Bertz CT molecular complexity index is 999. The Balaban J connectivity index is 1.43. The normalized spacial score (nSPS) is 11.8. The number of hydrogen-bond donors (Lipinski definition) is 1. The Morgan fingerprint density at radius 3 is 2.62 bits per heavy atom. The maximum atomic E-state index is 12.1. The number of para-hydroxylation sites is 1. The lowest BCUT2D eigenvalue weighted by Crippen LogP contribution is -2.29. The molecule has 9 heteroatoms. The highest BCUT2D eigenvalue weighted by Gasteiger charge is 2.18. The van der Waals surface area contributed by atoms with Crippen molar-refractivity contribution in [3.05, 3.63) is 63.7 Å². The molecule has 0 saturated heterocycles. The Morgan fingerprint density at radius 2 is 1.93 bits per heavy atom. The minimum Gasteiger partial charge on any atom is -0.453 e. The van der Waals surface area contributed by atoms with Crippen molar-refractivity contribution in [1.82, 2.24) is 4.98 Å². The predicted octanol–water partition coefficient (Wildman–Crippen LogP) is 4.10. The van der Waals surface area contributed by atoms with E-state index in [0.29, 0.717) is 18.5 Å². The van der Waals surface area contributed by atoms with Crippen LogP contribution in [0.3, 0.4) is 0 Å². The monoisotopic (exact) mass is 413 g/mol. The lowest BCUT2D eigenvalue weighted by molar-refractivity contribution is -0.384. The summed E-state index contributed by atoms with van der Waals surface area (Å²) in [7, 11) is 0. The van der Waals surface area contributed by atoms with Crippen LogP contribution >= 0.6 is 11.3 Å². The van der Waals surface area contributed by atoms with E-state index in [0.717, 1.165) is 15.2 Å². The van der Waals surface area contributed by atoms with Crippen molar-refractivity contribution in [3.63, 3.8) is 0 Å². The van der Waals surface area contributed by atoms with Crippen molar-refractivity contribution in [1.29, 1.82) is 0 Å². The van der Waals surface area contributed by atoms with Gasteiger partial charge in [0, 0.05) is 24.2 Å². The predicted molar refractivity (Wildman–Crippen MR) is 110 cm³/mol. The summed E-state index contributed by atoms with van der Waals surface area (Å²) in [5, 5.41) is 14.2. The topological polar surface area (TPSA) is 111 Å². The van der Waals surface area contributed by atoms with Gasteiger partial charge in [-0.25, -0.2) is 4.98 Å². The molecule has 0 radical (unpaired) electrons. The number of aryl methyl sites for hydroxylation is 1. The number of amides is 1. The number of carbonyl (C=O) groups excluding carboxylic acids is 2. The third kappa shape index (κ3) is 5.58. The number of hydrogen-bond acceptors (Lipinski definition) is 7. The highest BCUT2D eigenvalue weighted by molar-refractivity contribution is 7.18. The van der Waals surface area contributed by atoms with E-state index in [-0.39, 0.29) is 12.1 Å². The smallest absolute Gasteiger partial charge is 0.306 e. The summed E-state index contributed by atoms with van der Waals surface area (Å²) in [5.74, 6) is -0.962. The van der Waals surface area contributed by atoms with Gasteiger partial charge in [-0.3, -0.25) is 19.7 Å². The summed E-state index contributed by atoms with van der Waals surface area (Å²) in [5.41, 5.74) is 1.27. The van der Waals surface area contributed by atoms with Gasteiger partial charge in [-0.15, -0.1) is 11.3 Å². The number of esters is 1. The first-order chi connectivity index (χ1) is 13.9. The number of non-ortho nitro benzene ring substituents is 1. The maximum absolute atomic E-state index is 12.1. The van der Waals surface area contributed by atoms with Gasteiger partial charge in [0.25, 0.3) is 11.6 Å². The highest BCUT2D eigenvalue weighted by atomic mass is 32.1. The third-order valence-corrected chi connectivity index (χ3v) is 5.23. The fourth-order valence-corrected chi connectivity index (χ4v) is 3.64. The molecule has 0 aliphatic carbocycles. The second-order valence-corrected chi connectivity index (χ2v) is 7.47. The number of rotatable bonds is 8. The molecule has 1 amide bonds. The minimum atomic E-state index is -0.972. The summed E-state index contributed by atoms with van der Waals surface area (Å²) in [4.78, 5) is 38.8. The number of aromatic nitrogens is 1. The highest BCUT2D eigenvalue weighted by Crippen LogP contribution is 2.23. The van der Waals surface area contributed by atoms with Gasteiger partial charge in [-0.05, 0) is 44.0 Å². The summed E-state index contributed by atoms with van der Waals surface area (Å²) in [6.07, 6.45) is 0.457. The van der Waals surface area contributed by atoms with E-state index in [9.17, 15) is 19.7 Å². The van der Waals surface area contributed by atoms with Gasteiger partial charge in [0.2, 0.25) is 0 Å². The van der Waals surface area contributed by atoms with Crippen LogP contribution in [0.5, 0.6) is 0 Å². The second-order valence-electron chi connectivity index (χ2n) is 6.35. The average molecular weight is 413 g/mol. The zero-order valence-electron chi connectivity index (χ0n) is 15.7. The Hall–Kier alpha value is -3.33. The first-order valence-corrected chi connectivity index (χ1v) is 9.83. The van der Waals surface area contributed by atoms with Crippen molar-refractivity contribution < 1.29 is 19.2 Å². The fourth-order valence-electron chi connectivity index (χ4n) is 2.63. The Kier molecular flexibility index (Phi) is 6.50. The standard InChI is InChI=1S/C20H19N3O5S/c1-13(20(25)21-14-9-11-15(12-10-14)23(26)27)28-19(24)8-4-7-18-22-16-5-2-3-6-17(16)29-18/h2-3,5-6,9-13H,4,7-8H2,1H3,(H,21,25). The molecule has 8 nitrogen and oxygen atoms in total. The third-order valence-electron chi connectivity index (χ3n) is 4.13. The zero-order chi connectivity index (χ0) is 20.8. The first-order valence-electron chi connectivity index (χ1n) is 9.01. The molecule has 1 aromatic heterocycles. The summed E-state index contributed by atoms with van der Waals surface area (Å²) >= 11 is 1.60. The van der Waals surface area contributed by atoms with Gasteiger partial charge in [0.1, 0.15) is 0 Å². The number of fused-ring (bicyclic) bond motifs is 1. The number of anilines is 1. The van der Waals surface area contributed by atoms with Crippen molar-refractivity contribution in [2.75, 3.05) is 5.32 Å². The molecule has 1 heterocycles. The van der Waals surface area contributed by atoms with Crippen LogP contribution in [-0.4, -0.2) is 27.9 Å². The molecule has 0 bridgehead atoms. The van der Waals surface area contributed by atoms with Gasteiger partial charge < -0.3 is 10.1 Å². The van der Waals surface area contributed by atoms with E-state index in [1.807, 2.05) is 24.3 Å². The zero-order valence-corrected chi connectivity index (χ0v) is 16.5. The molecule has 3 aromatic rings. The number of nitrogens with zero attached hydrogens (tertiary/aromatic N) is 2. The van der Waals surface area contributed by atoms with E-state index in [1.54, 1.807) is 11.3 Å². The molecule has 150 valence electrons. The van der Waals surface area contributed by atoms with Crippen LogP contribution in [0, 0.1) is 10.1 Å². The first kappa shape index (κ1) is 20.4. The van der Waals surface area contributed by atoms with Crippen molar-refractivity contribution in [2.24, 2.45) is 0 Å². The van der Waals surface area contributed by atoms with Gasteiger partial charge in [0.15, 0.2) is 6.10 Å². The summed E-state index contributed by atoms with van der Waals surface area (Å²) < 4.78 is 6.28. The molecular weight excluding hydrogens is 394 g/mol. The molecule has 1 atom stereocenters. The molecule has 3 rings (SSSR count). The van der Waals surface area contributed by atoms with Gasteiger partial charge >= 0.3 is 5.97 Å². The van der Waals surface area contributed by atoms with Crippen molar-refractivity contribution >= 4 is 44.8 Å². The van der Waals surface area contributed by atoms with E-state index < -0.39 is 22.9 Å². The van der Waals surface area contributed by atoms with E-state index in [4.69, 9.17) is 4.74 Å². The van der Waals surface area contributed by atoms with Crippen LogP contribution in [0.4, 0.5) is 11.4 Å². The van der Waals surface area contributed by atoms with Crippen LogP contribution in [0.25, 0.3) is 10.2 Å². The van der Waals surface area contributed by atoms with Crippen molar-refractivity contribution in [2.45, 2.75) is 32.3 Å². The van der Waals surface area contributed by atoms with E-state index >= 15 is 0 Å². The van der Waals surface area contributed by atoms with E-state index in [2.05, 4.69) is 10.3 Å². The summed E-state index contributed by atoms with van der Waals surface area (Å²) in [6, 6.07) is 13.3. The lowest BCUT2D eigenvalue weighted by Gasteiger charge is -2.13. The molecule has 0 spiro atoms. The van der Waals surface area contributed by atoms with Crippen LogP contribution in [0.2, 0.25) is 0 Å². The number of benzene rings is 2. The van der Waals surface area contributed by atoms with Crippen LogP contribution in [0.1, 0.15) is 24.8 Å². The Morgan fingerprint density at radius 1 is 1.21 bits per heavy atom. The molecule has 1 unspecified atom stereocenters. The van der Waals surface area contributed by atoms with Crippen LogP contribution < -0.4 is 5.32 Å². The van der Waals surface area contributed by atoms with Gasteiger partial charge in [0.05, 0.1) is 20.1 Å².